The zero-order valence-corrected chi connectivity index (χ0v) is 13.7. The normalized spacial score (nSPS) is 18.0. The molecule has 1 N–H and O–H groups in total. The van der Waals surface area contributed by atoms with Crippen LogP contribution >= 0.6 is 0 Å². The van der Waals surface area contributed by atoms with Crippen molar-refractivity contribution in [2.45, 2.75) is 70.4 Å². The van der Waals surface area contributed by atoms with E-state index in [0.717, 1.165) is 26.0 Å². The molecule has 1 fully saturated rings. The van der Waals surface area contributed by atoms with E-state index in [2.05, 4.69) is 29.2 Å². The van der Waals surface area contributed by atoms with Gasteiger partial charge in [0, 0.05) is 32.4 Å². The first kappa shape index (κ1) is 16.5. The van der Waals surface area contributed by atoms with Gasteiger partial charge in [-0.2, -0.15) is 5.10 Å². The first-order chi connectivity index (χ1) is 10.3. The van der Waals surface area contributed by atoms with E-state index in [4.69, 9.17) is 9.84 Å². The minimum atomic E-state index is 0.472. The number of nitrogens with zero attached hydrogens (tertiary/aromatic N) is 2. The van der Waals surface area contributed by atoms with Gasteiger partial charge < -0.3 is 10.1 Å². The highest BCUT2D eigenvalue weighted by molar-refractivity contribution is 5.02. The Morgan fingerprint density at radius 1 is 1.38 bits per heavy atom. The van der Waals surface area contributed by atoms with Crippen molar-refractivity contribution in [2.75, 3.05) is 20.3 Å². The second kappa shape index (κ2) is 9.21. The molecule has 1 aromatic rings. The Morgan fingerprint density at radius 3 is 2.90 bits per heavy atom. The molecule has 4 heteroatoms. The molecule has 0 bridgehead atoms. The number of rotatable bonds is 9. The van der Waals surface area contributed by atoms with E-state index in [1.807, 2.05) is 0 Å². The van der Waals surface area contributed by atoms with Gasteiger partial charge in [-0.05, 0) is 38.3 Å². The van der Waals surface area contributed by atoms with Crippen molar-refractivity contribution >= 4 is 0 Å². The summed E-state index contributed by atoms with van der Waals surface area (Å²) in [6, 6.07) is 3.30. The monoisotopic (exact) mass is 293 g/mol. The molecule has 120 valence electrons. The van der Waals surface area contributed by atoms with Crippen LogP contribution < -0.4 is 5.32 Å². The average molecular weight is 293 g/mol. The molecule has 1 aromatic heterocycles. The van der Waals surface area contributed by atoms with Crippen LogP contribution in [-0.2, 0) is 11.2 Å². The highest BCUT2D eigenvalue weighted by Gasteiger charge is 2.17. The third-order valence-corrected chi connectivity index (χ3v) is 4.42. The lowest BCUT2D eigenvalue weighted by atomic mass is 9.96. The van der Waals surface area contributed by atoms with Crippen molar-refractivity contribution in [1.82, 2.24) is 15.1 Å². The predicted octanol–water partition coefficient (Wildman–Crippen LogP) is 3.34. The second-order valence-corrected chi connectivity index (χ2v) is 6.22. The van der Waals surface area contributed by atoms with Crippen LogP contribution in [0.15, 0.2) is 12.3 Å². The molecule has 1 atom stereocenters. The van der Waals surface area contributed by atoms with Crippen molar-refractivity contribution < 1.29 is 4.74 Å². The van der Waals surface area contributed by atoms with Gasteiger partial charge in [0.1, 0.15) is 0 Å². The summed E-state index contributed by atoms with van der Waals surface area (Å²) in [6.07, 6.45) is 12.1. The minimum Gasteiger partial charge on any atom is -0.385 e. The molecule has 0 aliphatic heterocycles. The summed E-state index contributed by atoms with van der Waals surface area (Å²) in [5.74, 6) is 0. The molecule has 2 rings (SSSR count). The van der Waals surface area contributed by atoms with Gasteiger partial charge >= 0.3 is 0 Å². The average Bonchev–Trinajstić information content (AvgIpc) is 2.99. The lowest BCUT2D eigenvalue weighted by Crippen LogP contribution is -2.33. The Hall–Kier alpha value is -0.870. The van der Waals surface area contributed by atoms with E-state index in [9.17, 15) is 0 Å². The fraction of sp³-hybridized carbons (Fsp3) is 0.824. The quantitative estimate of drug-likeness (QED) is 0.759. The molecule has 1 heterocycles. The van der Waals surface area contributed by atoms with Gasteiger partial charge in [-0.1, -0.05) is 26.2 Å². The first-order valence-electron chi connectivity index (χ1n) is 8.59. The summed E-state index contributed by atoms with van der Waals surface area (Å²) >= 11 is 0. The Morgan fingerprint density at radius 2 is 2.19 bits per heavy atom. The lowest BCUT2D eigenvalue weighted by Gasteiger charge is -2.22. The van der Waals surface area contributed by atoms with E-state index < -0.39 is 0 Å². The maximum absolute atomic E-state index is 5.22. The van der Waals surface area contributed by atoms with Gasteiger partial charge in [-0.15, -0.1) is 0 Å². The Bertz CT molecular complexity index is 377. The SMILES string of the molecule is CCCNC(CCOC)Cc1ccn(C2CCCCC2)n1. The van der Waals surface area contributed by atoms with Gasteiger partial charge in [-0.25, -0.2) is 0 Å². The van der Waals surface area contributed by atoms with Crippen LogP contribution in [0.4, 0.5) is 0 Å². The maximum atomic E-state index is 5.22. The predicted molar refractivity (Wildman–Crippen MR) is 86.6 cm³/mol. The van der Waals surface area contributed by atoms with Gasteiger partial charge in [0.05, 0.1) is 11.7 Å². The summed E-state index contributed by atoms with van der Waals surface area (Å²) in [5, 5.41) is 8.44. The third kappa shape index (κ3) is 5.44. The van der Waals surface area contributed by atoms with E-state index in [1.54, 1.807) is 7.11 Å². The Balaban J connectivity index is 1.88. The highest BCUT2D eigenvalue weighted by atomic mass is 16.5. The molecule has 0 radical (unpaired) electrons. The molecular weight excluding hydrogens is 262 g/mol. The molecule has 0 aromatic carbocycles. The zero-order valence-electron chi connectivity index (χ0n) is 13.7. The third-order valence-electron chi connectivity index (χ3n) is 4.42. The molecule has 4 nitrogen and oxygen atoms in total. The van der Waals surface area contributed by atoms with Crippen molar-refractivity contribution in [1.29, 1.82) is 0 Å². The molecular formula is C17H31N3O. The second-order valence-electron chi connectivity index (χ2n) is 6.22. The molecule has 1 unspecified atom stereocenters. The number of aromatic nitrogens is 2. The van der Waals surface area contributed by atoms with Crippen LogP contribution in [0.5, 0.6) is 0 Å². The summed E-state index contributed by atoms with van der Waals surface area (Å²) in [5.41, 5.74) is 1.21. The Kier molecular flexibility index (Phi) is 7.24. The van der Waals surface area contributed by atoms with Gasteiger partial charge in [-0.3, -0.25) is 4.68 Å². The maximum Gasteiger partial charge on any atom is 0.0640 e. The molecule has 0 spiro atoms. The summed E-state index contributed by atoms with van der Waals surface area (Å²) in [6.45, 7) is 4.08. The molecule has 1 saturated carbocycles. The number of methoxy groups -OCH3 is 1. The van der Waals surface area contributed by atoms with E-state index in [1.165, 1.54) is 44.2 Å². The lowest BCUT2D eigenvalue weighted by molar-refractivity contribution is 0.182. The minimum absolute atomic E-state index is 0.472. The largest absolute Gasteiger partial charge is 0.385 e. The topological polar surface area (TPSA) is 39.1 Å². The molecule has 21 heavy (non-hydrogen) atoms. The molecule has 0 amide bonds. The van der Waals surface area contributed by atoms with Crippen molar-refractivity contribution in [3.05, 3.63) is 18.0 Å². The van der Waals surface area contributed by atoms with Crippen LogP contribution in [0.1, 0.15) is 63.6 Å². The smallest absolute Gasteiger partial charge is 0.0640 e. The van der Waals surface area contributed by atoms with Crippen LogP contribution in [0.2, 0.25) is 0 Å². The molecule has 0 saturated heterocycles. The van der Waals surface area contributed by atoms with Crippen LogP contribution in [-0.4, -0.2) is 36.1 Å². The van der Waals surface area contributed by atoms with Gasteiger partial charge in [0.2, 0.25) is 0 Å². The summed E-state index contributed by atoms with van der Waals surface area (Å²) in [7, 11) is 1.77. The zero-order chi connectivity index (χ0) is 14.9. The number of hydrogen-bond acceptors (Lipinski definition) is 3. The van der Waals surface area contributed by atoms with E-state index in [-0.39, 0.29) is 0 Å². The van der Waals surface area contributed by atoms with Gasteiger partial charge in [0.25, 0.3) is 0 Å². The Labute approximate surface area is 129 Å². The summed E-state index contributed by atoms with van der Waals surface area (Å²) < 4.78 is 7.43. The van der Waals surface area contributed by atoms with E-state index >= 15 is 0 Å². The fourth-order valence-electron chi connectivity index (χ4n) is 3.17. The molecule has 1 aliphatic rings. The van der Waals surface area contributed by atoms with Crippen molar-refractivity contribution in [3.8, 4) is 0 Å². The van der Waals surface area contributed by atoms with Gasteiger partial charge in [0.15, 0.2) is 0 Å². The van der Waals surface area contributed by atoms with Crippen LogP contribution in [0.3, 0.4) is 0 Å². The number of hydrogen-bond donors (Lipinski definition) is 1. The van der Waals surface area contributed by atoms with Crippen molar-refractivity contribution in [3.63, 3.8) is 0 Å². The molecule has 1 aliphatic carbocycles. The standard InChI is InChI=1S/C17H31N3O/c1-3-11-18-15(10-13-21-2)14-16-9-12-20(19-16)17-7-5-4-6-8-17/h9,12,15,17-18H,3-8,10-11,13-14H2,1-2H3. The van der Waals surface area contributed by atoms with Crippen LogP contribution in [0.25, 0.3) is 0 Å². The fourth-order valence-corrected chi connectivity index (χ4v) is 3.17. The van der Waals surface area contributed by atoms with Crippen molar-refractivity contribution in [2.24, 2.45) is 0 Å². The van der Waals surface area contributed by atoms with Crippen LogP contribution in [0, 0.1) is 0 Å². The number of nitrogens with one attached hydrogen (secondary N) is 1. The number of ether oxygens (including phenoxy) is 1. The first-order valence-corrected chi connectivity index (χ1v) is 8.59. The highest BCUT2D eigenvalue weighted by Crippen LogP contribution is 2.27. The summed E-state index contributed by atoms with van der Waals surface area (Å²) in [4.78, 5) is 0. The van der Waals surface area contributed by atoms with E-state index in [0.29, 0.717) is 12.1 Å².